The lowest BCUT2D eigenvalue weighted by Crippen LogP contribution is -2.60. The zero-order valence-corrected chi connectivity index (χ0v) is 35.7. The number of ketones is 1. The molecular formula is C43H58F3N9O6. The molecular weight excluding hydrogens is 796 g/mol. The van der Waals surface area contributed by atoms with Crippen LogP contribution in [0, 0.1) is 11.3 Å². The number of fused-ring (bicyclic) bond motifs is 1. The average molecular weight is 854 g/mol. The van der Waals surface area contributed by atoms with Gasteiger partial charge in [-0.3, -0.25) is 29.0 Å². The van der Waals surface area contributed by atoms with E-state index in [9.17, 15) is 37.1 Å². The summed E-state index contributed by atoms with van der Waals surface area (Å²) in [4.78, 5) is 85.5. The number of para-hydroxylation sites is 1. The molecule has 1 aromatic carbocycles. The molecule has 1 aliphatic heterocycles. The summed E-state index contributed by atoms with van der Waals surface area (Å²) < 4.78 is 48.0. The Hall–Kier alpha value is -5.26. The third kappa shape index (κ3) is 12.6. The molecule has 0 bridgehead atoms. The minimum absolute atomic E-state index is 0.00712. The van der Waals surface area contributed by atoms with Crippen molar-refractivity contribution in [1.82, 2.24) is 46.1 Å². The Balaban J connectivity index is 1.45. The van der Waals surface area contributed by atoms with Crippen LogP contribution in [0.3, 0.4) is 0 Å². The van der Waals surface area contributed by atoms with E-state index >= 15 is 0 Å². The van der Waals surface area contributed by atoms with Gasteiger partial charge >= 0.3 is 6.18 Å². The predicted molar refractivity (Wildman–Crippen MR) is 220 cm³/mol. The maximum Gasteiger partial charge on any atom is 0.451 e. The molecule has 332 valence electrons. The van der Waals surface area contributed by atoms with Crippen molar-refractivity contribution in [2.24, 2.45) is 11.3 Å². The second-order valence-electron chi connectivity index (χ2n) is 17.2. The Bertz CT molecular complexity index is 2010. The van der Waals surface area contributed by atoms with Crippen LogP contribution in [0.2, 0.25) is 0 Å². The summed E-state index contributed by atoms with van der Waals surface area (Å²) in [6.45, 7) is 11.4. The zero-order valence-electron chi connectivity index (χ0n) is 35.7. The third-order valence-electron chi connectivity index (χ3n) is 11.0. The van der Waals surface area contributed by atoms with E-state index in [1.807, 2.05) is 27.7 Å². The molecule has 2 aliphatic rings. The van der Waals surface area contributed by atoms with E-state index in [2.05, 4.69) is 48.1 Å². The topological polar surface area (TPSA) is 198 Å². The Labute approximate surface area is 354 Å². The van der Waals surface area contributed by atoms with E-state index in [4.69, 9.17) is 4.74 Å². The Morgan fingerprint density at radius 2 is 1.69 bits per heavy atom. The zero-order chi connectivity index (χ0) is 44.5. The van der Waals surface area contributed by atoms with Crippen LogP contribution in [0.15, 0.2) is 42.9 Å². The molecule has 3 heterocycles. The predicted octanol–water partition coefficient (Wildman–Crippen LogP) is 4.94. The van der Waals surface area contributed by atoms with Gasteiger partial charge in [0.05, 0.1) is 35.7 Å². The highest BCUT2D eigenvalue weighted by Gasteiger charge is 2.47. The molecule has 4 N–H and O–H groups in total. The number of alkyl halides is 3. The fourth-order valence-electron chi connectivity index (χ4n) is 7.41. The van der Waals surface area contributed by atoms with Gasteiger partial charge in [-0.05, 0) is 49.1 Å². The quantitative estimate of drug-likeness (QED) is 0.0888. The number of nitrogens with one attached hydrogen (secondary N) is 4. The van der Waals surface area contributed by atoms with E-state index in [0.717, 1.165) is 38.5 Å². The van der Waals surface area contributed by atoms with Gasteiger partial charge in [-0.25, -0.2) is 9.97 Å². The Morgan fingerprint density at radius 3 is 2.33 bits per heavy atom. The molecule has 2 unspecified atom stereocenters. The first-order valence-corrected chi connectivity index (χ1v) is 21.2. The molecule has 1 aliphatic carbocycles. The summed E-state index contributed by atoms with van der Waals surface area (Å²) in [5.41, 5.74) is -0.640. The number of amides is 4. The molecule has 5 rings (SSSR count). The summed E-state index contributed by atoms with van der Waals surface area (Å²) in [5, 5.41) is 12.0. The van der Waals surface area contributed by atoms with Crippen LogP contribution in [0.4, 0.5) is 13.2 Å². The number of aromatic nitrogens is 4. The highest BCUT2D eigenvalue weighted by Crippen LogP contribution is 2.34. The van der Waals surface area contributed by atoms with Crippen molar-refractivity contribution in [3.63, 3.8) is 0 Å². The van der Waals surface area contributed by atoms with Crippen LogP contribution in [0.25, 0.3) is 10.9 Å². The molecule has 2 aromatic heterocycles. The number of halogens is 3. The van der Waals surface area contributed by atoms with Gasteiger partial charge in [-0.15, -0.1) is 0 Å². The van der Waals surface area contributed by atoms with Gasteiger partial charge < -0.3 is 30.9 Å². The first kappa shape index (κ1) is 46.8. The van der Waals surface area contributed by atoms with Crippen LogP contribution in [0.1, 0.15) is 116 Å². The van der Waals surface area contributed by atoms with Crippen LogP contribution in [-0.4, -0.2) is 104 Å². The molecule has 0 radical (unpaired) electrons. The summed E-state index contributed by atoms with van der Waals surface area (Å²) >= 11 is 0. The van der Waals surface area contributed by atoms with Crippen LogP contribution < -0.4 is 26.0 Å². The average Bonchev–Trinajstić information content (AvgIpc) is 3.94. The number of benzene rings is 1. The number of carbonyl (C=O) groups excluding carboxylic acids is 5. The monoisotopic (exact) mass is 853 g/mol. The highest BCUT2D eigenvalue weighted by atomic mass is 19.4. The minimum atomic E-state index is -4.89. The molecule has 1 saturated carbocycles. The lowest BCUT2D eigenvalue weighted by Gasteiger charge is -2.37. The van der Waals surface area contributed by atoms with Crippen molar-refractivity contribution in [3.05, 3.63) is 54.4 Å². The first-order chi connectivity index (χ1) is 28.9. The van der Waals surface area contributed by atoms with Crippen LogP contribution >= 0.6 is 0 Å². The fraction of sp³-hybridized carbons (Fsp3) is 0.605. The van der Waals surface area contributed by atoms with Crippen molar-refractivity contribution < 1.29 is 41.9 Å². The van der Waals surface area contributed by atoms with E-state index in [1.165, 1.54) is 41.7 Å². The molecule has 0 spiro atoms. The number of carbonyl (C=O) groups is 5. The van der Waals surface area contributed by atoms with Gasteiger partial charge in [0.1, 0.15) is 17.8 Å². The lowest BCUT2D eigenvalue weighted by molar-refractivity contribution is -0.145. The molecule has 3 aromatic rings. The fourth-order valence-corrected chi connectivity index (χ4v) is 7.41. The second kappa shape index (κ2) is 20.5. The van der Waals surface area contributed by atoms with Crippen LogP contribution in [-0.2, 0) is 25.4 Å². The lowest BCUT2D eigenvalue weighted by atomic mass is 9.85. The number of hydrogen-bond acceptors (Lipinski definition) is 11. The van der Waals surface area contributed by atoms with Gasteiger partial charge in [0.25, 0.3) is 11.8 Å². The smallest absolute Gasteiger partial charge is 0.451 e. The standard InChI is InChI=1S/C43H58F3N9O6/c1-7-9-10-14-25(3)31(52-36(57)32-22-47-19-20-48-32)23-49-35(42(4,5)6)40(60)55-24-27(61-39-28-15-11-12-16-29(28)53-41(54-39)43(44,45)46)21-33(55)37(58)51-30(13-8-2)34(56)38(59)50-26-17-18-26/h11-12,15-16,19-20,22,25-27,30-31,33,35,49H,7-10,13-14,17-18,21,23-24H2,1-6H3,(H,50,59)(H,51,58)(H,52,57)/t25?,27-,30+,31?,33+,35-/m1/s1. The molecule has 15 nitrogen and oxygen atoms in total. The number of nitrogens with zero attached hydrogens (tertiary/aromatic N) is 5. The molecule has 18 heteroatoms. The highest BCUT2D eigenvalue weighted by molar-refractivity contribution is 6.38. The number of Topliss-reactive ketones (excluding diaryl/α,β-unsaturated/α-hetero) is 1. The van der Waals surface area contributed by atoms with E-state index in [1.54, 1.807) is 13.0 Å². The summed E-state index contributed by atoms with van der Waals surface area (Å²) in [7, 11) is 0. The van der Waals surface area contributed by atoms with Crippen molar-refractivity contribution in [3.8, 4) is 5.88 Å². The van der Waals surface area contributed by atoms with Gasteiger partial charge in [0.15, 0.2) is 0 Å². The molecule has 2 fully saturated rings. The Morgan fingerprint density at radius 1 is 0.951 bits per heavy atom. The van der Waals surface area contributed by atoms with E-state index < -0.39 is 77.1 Å². The first-order valence-electron chi connectivity index (χ1n) is 21.2. The molecule has 61 heavy (non-hydrogen) atoms. The number of likely N-dealkylation sites (tertiary alicyclic amines) is 1. The molecule has 1 saturated heterocycles. The molecule has 6 atom stereocenters. The summed E-state index contributed by atoms with van der Waals surface area (Å²) in [6.07, 6.45) is 4.05. The maximum absolute atomic E-state index is 14.9. The van der Waals surface area contributed by atoms with E-state index in [-0.39, 0.29) is 60.4 Å². The van der Waals surface area contributed by atoms with Gasteiger partial charge in [-0.2, -0.15) is 18.2 Å². The van der Waals surface area contributed by atoms with E-state index in [0.29, 0.717) is 6.42 Å². The third-order valence-corrected chi connectivity index (χ3v) is 11.0. The number of unbranched alkanes of at least 4 members (excludes halogenated alkanes) is 2. The van der Waals surface area contributed by atoms with Crippen molar-refractivity contribution in [1.29, 1.82) is 0 Å². The van der Waals surface area contributed by atoms with Crippen molar-refractivity contribution in [2.75, 3.05) is 13.1 Å². The van der Waals surface area contributed by atoms with Crippen LogP contribution in [0.5, 0.6) is 5.88 Å². The minimum Gasteiger partial charge on any atom is -0.472 e. The molecule has 4 amide bonds. The SMILES string of the molecule is CCCCCC(C)C(CN[C@H](C(=O)N1C[C@H](Oc2nc(C(F)(F)F)nc3ccccc23)C[C@H]1C(=O)N[C@@H](CCC)C(=O)C(=O)NC1CC1)C(C)(C)C)NC(=O)c1cnccn1. The van der Waals surface area contributed by atoms with Gasteiger partial charge in [0.2, 0.25) is 29.3 Å². The largest absolute Gasteiger partial charge is 0.472 e. The van der Waals surface area contributed by atoms with Gasteiger partial charge in [-0.1, -0.05) is 79.4 Å². The summed E-state index contributed by atoms with van der Waals surface area (Å²) in [5.74, 6) is -5.07. The Kier molecular flexibility index (Phi) is 15.8. The van der Waals surface area contributed by atoms with Crippen molar-refractivity contribution >= 4 is 40.3 Å². The maximum atomic E-state index is 14.9. The van der Waals surface area contributed by atoms with Crippen molar-refractivity contribution in [2.45, 2.75) is 142 Å². The van der Waals surface area contributed by atoms with Gasteiger partial charge in [0, 0.05) is 37.4 Å². The number of hydrogen-bond donors (Lipinski definition) is 4. The normalized spacial score (nSPS) is 18.8. The number of ether oxygens (including phenoxy) is 1. The summed E-state index contributed by atoms with van der Waals surface area (Å²) in [6, 6.07) is 2.13. The number of rotatable bonds is 20. The second-order valence-corrected chi connectivity index (χ2v) is 17.2.